The standard InChI is InChI=1S/C13H16Cl2N2O4/c1-8(6-20-2)16-13(19)17-11(18)7-21-12-9(14)4-3-5-10(12)15/h3-5,8H,6-7H2,1-2H3,(H2,16,17,18,19). The Hall–Kier alpha value is -1.50. The number of ether oxygens (including phenoxy) is 2. The zero-order valence-electron chi connectivity index (χ0n) is 11.6. The van der Waals surface area contributed by atoms with Gasteiger partial charge in [0, 0.05) is 7.11 Å². The maximum absolute atomic E-state index is 11.6. The number of imide groups is 1. The monoisotopic (exact) mass is 334 g/mol. The molecule has 0 bridgehead atoms. The maximum atomic E-state index is 11.6. The Bertz CT molecular complexity index is 491. The van der Waals surface area contributed by atoms with Gasteiger partial charge in [-0.25, -0.2) is 4.79 Å². The topological polar surface area (TPSA) is 76.7 Å². The van der Waals surface area contributed by atoms with Gasteiger partial charge in [0.2, 0.25) is 0 Å². The summed E-state index contributed by atoms with van der Waals surface area (Å²) in [5.41, 5.74) is 0. The third-order valence-corrected chi connectivity index (χ3v) is 2.91. The first-order valence-electron chi connectivity index (χ1n) is 6.10. The lowest BCUT2D eigenvalue weighted by molar-refractivity contribution is -0.122. The summed E-state index contributed by atoms with van der Waals surface area (Å²) >= 11 is 11.8. The van der Waals surface area contributed by atoms with Gasteiger partial charge in [0.25, 0.3) is 5.91 Å². The van der Waals surface area contributed by atoms with E-state index in [1.165, 1.54) is 7.11 Å². The van der Waals surface area contributed by atoms with Crippen molar-refractivity contribution in [1.29, 1.82) is 0 Å². The van der Waals surface area contributed by atoms with Crippen molar-refractivity contribution >= 4 is 35.1 Å². The molecule has 21 heavy (non-hydrogen) atoms. The molecule has 0 aliphatic heterocycles. The number of urea groups is 1. The summed E-state index contributed by atoms with van der Waals surface area (Å²) in [5, 5.41) is 5.22. The average molecular weight is 335 g/mol. The van der Waals surface area contributed by atoms with Crippen LogP contribution in [-0.2, 0) is 9.53 Å². The quantitative estimate of drug-likeness (QED) is 0.836. The molecular weight excluding hydrogens is 319 g/mol. The van der Waals surface area contributed by atoms with Crippen molar-refractivity contribution in [2.24, 2.45) is 0 Å². The van der Waals surface area contributed by atoms with E-state index in [4.69, 9.17) is 32.7 Å². The summed E-state index contributed by atoms with van der Waals surface area (Å²) in [7, 11) is 1.52. The second kappa shape index (κ2) is 8.71. The number of carbonyl (C=O) groups is 2. The minimum absolute atomic E-state index is 0.198. The molecule has 0 aliphatic carbocycles. The van der Waals surface area contributed by atoms with E-state index < -0.39 is 11.9 Å². The van der Waals surface area contributed by atoms with E-state index in [9.17, 15) is 9.59 Å². The van der Waals surface area contributed by atoms with Gasteiger partial charge in [-0.15, -0.1) is 0 Å². The van der Waals surface area contributed by atoms with Crippen molar-refractivity contribution in [2.45, 2.75) is 13.0 Å². The molecule has 0 spiro atoms. The number of halogens is 2. The first kappa shape index (κ1) is 17.6. The second-order valence-electron chi connectivity index (χ2n) is 4.22. The lowest BCUT2D eigenvalue weighted by atomic mass is 10.3. The zero-order chi connectivity index (χ0) is 15.8. The lowest BCUT2D eigenvalue weighted by Gasteiger charge is -2.13. The minimum atomic E-state index is -0.626. The molecule has 0 saturated heterocycles. The number of para-hydroxylation sites is 1. The van der Waals surface area contributed by atoms with Crippen LogP contribution in [0.25, 0.3) is 0 Å². The summed E-state index contributed by atoms with van der Waals surface area (Å²) in [4.78, 5) is 23.1. The van der Waals surface area contributed by atoms with E-state index in [2.05, 4.69) is 10.6 Å². The number of benzene rings is 1. The van der Waals surface area contributed by atoms with E-state index in [0.29, 0.717) is 6.61 Å². The SMILES string of the molecule is COCC(C)NC(=O)NC(=O)COc1c(Cl)cccc1Cl. The van der Waals surface area contributed by atoms with Gasteiger partial charge in [0.1, 0.15) is 0 Å². The Morgan fingerprint density at radius 3 is 2.48 bits per heavy atom. The Morgan fingerprint density at radius 1 is 1.29 bits per heavy atom. The van der Waals surface area contributed by atoms with Crippen molar-refractivity contribution in [3.05, 3.63) is 28.2 Å². The third kappa shape index (κ3) is 6.20. The van der Waals surface area contributed by atoms with Crippen LogP contribution in [0.3, 0.4) is 0 Å². The molecule has 8 heteroatoms. The van der Waals surface area contributed by atoms with Crippen LogP contribution in [0, 0.1) is 0 Å². The van der Waals surface area contributed by atoms with Gasteiger partial charge in [0.05, 0.1) is 22.7 Å². The van der Waals surface area contributed by atoms with E-state index in [1.807, 2.05) is 0 Å². The van der Waals surface area contributed by atoms with Crippen LogP contribution in [0.5, 0.6) is 5.75 Å². The molecule has 1 unspecified atom stereocenters. The zero-order valence-corrected chi connectivity index (χ0v) is 13.1. The van der Waals surface area contributed by atoms with Gasteiger partial charge in [-0.05, 0) is 19.1 Å². The van der Waals surface area contributed by atoms with Crippen LogP contribution in [0.4, 0.5) is 4.79 Å². The number of carbonyl (C=O) groups excluding carboxylic acids is 2. The summed E-state index contributed by atoms with van der Waals surface area (Å²) in [6, 6.07) is 3.97. The van der Waals surface area contributed by atoms with Crippen molar-refractivity contribution in [3.8, 4) is 5.75 Å². The molecule has 1 aromatic rings. The molecule has 0 aliphatic rings. The highest BCUT2D eigenvalue weighted by Gasteiger charge is 2.13. The highest BCUT2D eigenvalue weighted by atomic mass is 35.5. The predicted molar refractivity (Wildman–Crippen MR) is 80.0 cm³/mol. The summed E-state index contributed by atoms with van der Waals surface area (Å²) in [5.74, 6) is -0.419. The number of hydrogen-bond donors (Lipinski definition) is 2. The highest BCUT2D eigenvalue weighted by Crippen LogP contribution is 2.32. The molecule has 0 heterocycles. The molecular formula is C13H16Cl2N2O4. The Kier molecular flexibility index (Phi) is 7.28. The molecule has 116 valence electrons. The average Bonchev–Trinajstić information content (AvgIpc) is 2.37. The van der Waals surface area contributed by atoms with E-state index in [-0.39, 0.29) is 28.4 Å². The van der Waals surface area contributed by atoms with Crippen molar-refractivity contribution < 1.29 is 19.1 Å². The number of hydrogen-bond acceptors (Lipinski definition) is 4. The lowest BCUT2D eigenvalue weighted by Crippen LogP contribution is -2.46. The van der Waals surface area contributed by atoms with E-state index >= 15 is 0 Å². The van der Waals surface area contributed by atoms with Gasteiger partial charge in [-0.3, -0.25) is 10.1 Å². The molecule has 1 atom stereocenters. The first-order chi connectivity index (χ1) is 9.93. The van der Waals surface area contributed by atoms with Gasteiger partial charge in [0.15, 0.2) is 12.4 Å². The van der Waals surface area contributed by atoms with Gasteiger partial charge in [-0.1, -0.05) is 29.3 Å². The van der Waals surface area contributed by atoms with Crippen LogP contribution < -0.4 is 15.4 Å². The number of amides is 3. The fourth-order valence-corrected chi connectivity index (χ4v) is 1.98. The molecule has 3 amide bonds. The summed E-state index contributed by atoms with van der Waals surface area (Å²) in [6.07, 6.45) is 0. The molecule has 1 aromatic carbocycles. The van der Waals surface area contributed by atoms with Crippen molar-refractivity contribution in [2.75, 3.05) is 20.3 Å². The molecule has 2 N–H and O–H groups in total. The van der Waals surface area contributed by atoms with Crippen LogP contribution >= 0.6 is 23.2 Å². The van der Waals surface area contributed by atoms with Crippen LogP contribution in [-0.4, -0.2) is 38.3 Å². The van der Waals surface area contributed by atoms with Crippen LogP contribution in [0.2, 0.25) is 10.0 Å². The van der Waals surface area contributed by atoms with Crippen molar-refractivity contribution in [1.82, 2.24) is 10.6 Å². The summed E-state index contributed by atoms with van der Waals surface area (Å²) in [6.45, 7) is 1.70. The van der Waals surface area contributed by atoms with Crippen LogP contribution in [0.1, 0.15) is 6.92 Å². The van der Waals surface area contributed by atoms with Crippen LogP contribution in [0.15, 0.2) is 18.2 Å². The molecule has 0 fully saturated rings. The third-order valence-electron chi connectivity index (χ3n) is 2.31. The fraction of sp³-hybridized carbons (Fsp3) is 0.385. The minimum Gasteiger partial charge on any atom is -0.481 e. The molecule has 6 nitrogen and oxygen atoms in total. The molecule has 0 radical (unpaired) electrons. The first-order valence-corrected chi connectivity index (χ1v) is 6.85. The Balaban J connectivity index is 2.42. The fourth-order valence-electron chi connectivity index (χ4n) is 1.47. The van der Waals surface area contributed by atoms with Crippen molar-refractivity contribution in [3.63, 3.8) is 0 Å². The number of rotatable bonds is 6. The number of nitrogens with one attached hydrogen (secondary N) is 2. The Morgan fingerprint density at radius 2 is 1.90 bits per heavy atom. The van der Waals surface area contributed by atoms with Gasteiger partial charge >= 0.3 is 6.03 Å². The highest BCUT2D eigenvalue weighted by molar-refractivity contribution is 6.37. The normalized spacial score (nSPS) is 11.6. The summed E-state index contributed by atoms with van der Waals surface area (Å²) < 4.78 is 10.1. The maximum Gasteiger partial charge on any atom is 0.321 e. The smallest absolute Gasteiger partial charge is 0.321 e. The van der Waals surface area contributed by atoms with Gasteiger partial charge < -0.3 is 14.8 Å². The van der Waals surface area contributed by atoms with E-state index in [1.54, 1.807) is 25.1 Å². The predicted octanol–water partition coefficient (Wildman–Crippen LogP) is 2.23. The van der Waals surface area contributed by atoms with E-state index in [0.717, 1.165) is 0 Å². The second-order valence-corrected chi connectivity index (χ2v) is 5.03. The Labute approximate surface area is 132 Å². The molecule has 1 rings (SSSR count). The number of methoxy groups -OCH3 is 1. The molecule has 0 aromatic heterocycles. The molecule has 0 saturated carbocycles. The largest absolute Gasteiger partial charge is 0.481 e. The van der Waals surface area contributed by atoms with Gasteiger partial charge in [-0.2, -0.15) is 0 Å².